The third-order valence-electron chi connectivity index (χ3n) is 2.29. The quantitative estimate of drug-likeness (QED) is 0.230. The molecule has 0 spiro atoms. The minimum atomic E-state index is -2.11. The van der Waals surface area contributed by atoms with E-state index in [1.165, 1.54) is 0 Å². The molecule has 0 heterocycles. The fraction of sp³-hybridized carbons (Fsp3) is 1.00. The predicted octanol–water partition coefficient (Wildman–Crippen LogP) is -3.63. The third-order valence-corrected chi connectivity index (χ3v) is 2.98. The fourth-order valence-corrected chi connectivity index (χ4v) is 1.69. The summed E-state index contributed by atoms with van der Waals surface area (Å²) in [5.74, 6) is 0. The first-order valence-corrected chi connectivity index (χ1v) is 4.29. The van der Waals surface area contributed by atoms with Gasteiger partial charge in [-0.2, -0.15) is 0 Å². The Morgan fingerprint density at radius 2 is 1.08 bits per heavy atom. The lowest BCUT2D eigenvalue weighted by Crippen LogP contribution is -2.68. The Kier molecular flexibility index (Phi) is 2.95. The maximum absolute atomic E-state index is 9.40. The van der Waals surface area contributed by atoms with E-state index < -0.39 is 35.9 Å². The van der Waals surface area contributed by atoms with E-state index in [0.717, 1.165) is 0 Å². The van der Waals surface area contributed by atoms with E-state index in [4.69, 9.17) is 15.3 Å². The molecule has 6 nitrogen and oxygen atoms in total. The largest absolute Gasteiger partial charge is 0.387 e. The summed E-state index contributed by atoms with van der Waals surface area (Å²) in [5.41, 5.74) is 0. The van der Waals surface area contributed by atoms with Gasteiger partial charge in [0.15, 0.2) is 0 Å². The van der Waals surface area contributed by atoms with E-state index in [9.17, 15) is 15.3 Å². The number of aliphatic hydroxyl groups excluding tert-OH is 5. The van der Waals surface area contributed by atoms with E-state index in [1.807, 2.05) is 0 Å². The van der Waals surface area contributed by atoms with Gasteiger partial charge in [0.05, 0.1) is 0 Å². The lowest BCUT2D eigenvalue weighted by atomic mass is 9.84. The van der Waals surface area contributed by atoms with Crippen LogP contribution in [0.15, 0.2) is 0 Å². The Balaban J connectivity index is 2.93. The Morgan fingerprint density at radius 3 is 1.38 bits per heavy atom. The molecule has 13 heavy (non-hydrogen) atoms. The molecule has 1 rings (SSSR count). The molecule has 1 saturated carbocycles. The van der Waals surface area contributed by atoms with Crippen LogP contribution in [-0.2, 0) is 0 Å². The predicted molar refractivity (Wildman–Crippen MR) is 44.7 cm³/mol. The lowest BCUT2D eigenvalue weighted by Gasteiger charge is -2.45. The van der Waals surface area contributed by atoms with Gasteiger partial charge in [0, 0.05) is 0 Å². The molecule has 1 aliphatic rings. The highest BCUT2D eigenvalue weighted by Gasteiger charge is 2.54. The van der Waals surface area contributed by atoms with Crippen LogP contribution in [0.5, 0.6) is 0 Å². The third kappa shape index (κ3) is 1.59. The standard InChI is InChI=1S/C6H13O6P/c7-1-2(8)4(10)6(12,13)5(11)3(1)9/h1-5,7-12H,13H2. The summed E-state index contributed by atoms with van der Waals surface area (Å²) in [6, 6.07) is 0. The summed E-state index contributed by atoms with van der Waals surface area (Å²) in [6.07, 6.45) is -8.52. The van der Waals surface area contributed by atoms with Crippen LogP contribution in [0.25, 0.3) is 0 Å². The van der Waals surface area contributed by atoms with E-state index >= 15 is 0 Å². The average Bonchev–Trinajstić information content (AvgIpc) is 2.09. The van der Waals surface area contributed by atoms with Gasteiger partial charge >= 0.3 is 0 Å². The van der Waals surface area contributed by atoms with Crippen LogP contribution in [0, 0.1) is 0 Å². The van der Waals surface area contributed by atoms with Crippen molar-refractivity contribution in [2.24, 2.45) is 0 Å². The van der Waals surface area contributed by atoms with Crippen molar-refractivity contribution in [2.75, 3.05) is 0 Å². The van der Waals surface area contributed by atoms with Gasteiger partial charge < -0.3 is 30.6 Å². The molecular formula is C6H13O6P. The van der Waals surface area contributed by atoms with Crippen molar-refractivity contribution in [1.82, 2.24) is 0 Å². The Bertz CT molecular complexity index is 180. The van der Waals surface area contributed by atoms with Crippen molar-refractivity contribution in [3.8, 4) is 0 Å². The summed E-state index contributed by atoms with van der Waals surface area (Å²) in [5, 5.41) is 53.0. The zero-order valence-electron chi connectivity index (χ0n) is 6.65. The smallest absolute Gasteiger partial charge is 0.134 e. The molecule has 5 atom stereocenters. The molecule has 0 aromatic rings. The van der Waals surface area contributed by atoms with Gasteiger partial charge in [0.25, 0.3) is 0 Å². The number of aliphatic hydroxyl groups is 6. The molecule has 0 aromatic carbocycles. The van der Waals surface area contributed by atoms with E-state index in [1.54, 1.807) is 9.24 Å². The van der Waals surface area contributed by atoms with Crippen molar-refractivity contribution in [1.29, 1.82) is 0 Å². The number of hydrogen-bond acceptors (Lipinski definition) is 6. The molecule has 5 unspecified atom stereocenters. The Hall–Kier alpha value is 0.190. The molecule has 6 N–H and O–H groups in total. The van der Waals surface area contributed by atoms with Gasteiger partial charge in [-0.25, -0.2) is 0 Å². The summed E-state index contributed by atoms with van der Waals surface area (Å²) in [6.45, 7) is 0. The van der Waals surface area contributed by atoms with Crippen LogP contribution in [0.3, 0.4) is 0 Å². The van der Waals surface area contributed by atoms with Crippen molar-refractivity contribution < 1.29 is 30.6 Å². The minimum absolute atomic E-state index is 1.68. The zero-order chi connectivity index (χ0) is 10.4. The van der Waals surface area contributed by atoms with Gasteiger partial charge in [-0.15, -0.1) is 0 Å². The van der Waals surface area contributed by atoms with Crippen LogP contribution in [0.1, 0.15) is 0 Å². The lowest BCUT2D eigenvalue weighted by molar-refractivity contribution is -0.236. The normalized spacial score (nSPS) is 57.9. The topological polar surface area (TPSA) is 121 Å². The van der Waals surface area contributed by atoms with E-state index in [0.29, 0.717) is 0 Å². The maximum Gasteiger partial charge on any atom is 0.134 e. The maximum atomic E-state index is 9.40. The zero-order valence-corrected chi connectivity index (χ0v) is 7.80. The fourth-order valence-electron chi connectivity index (χ4n) is 1.30. The number of rotatable bonds is 0. The van der Waals surface area contributed by atoms with Crippen LogP contribution in [0.2, 0.25) is 0 Å². The van der Waals surface area contributed by atoms with Gasteiger partial charge in [-0.1, -0.05) is 9.24 Å². The van der Waals surface area contributed by atoms with Crippen LogP contribution in [0.4, 0.5) is 0 Å². The van der Waals surface area contributed by atoms with Gasteiger partial charge in [0.2, 0.25) is 0 Å². The highest BCUT2D eigenvalue weighted by molar-refractivity contribution is 7.18. The molecule has 0 aromatic heterocycles. The molecule has 1 fully saturated rings. The average molecular weight is 212 g/mol. The molecule has 0 radical (unpaired) electrons. The summed E-state index contributed by atoms with van der Waals surface area (Å²) < 4.78 is 0. The van der Waals surface area contributed by atoms with Gasteiger partial charge in [-0.05, 0) is 0 Å². The molecule has 78 valence electrons. The van der Waals surface area contributed by atoms with Crippen molar-refractivity contribution >= 4 is 9.24 Å². The monoisotopic (exact) mass is 212 g/mol. The first-order chi connectivity index (χ1) is 5.80. The van der Waals surface area contributed by atoms with E-state index in [-0.39, 0.29) is 0 Å². The number of hydrogen-bond donors (Lipinski definition) is 6. The summed E-state index contributed by atoms with van der Waals surface area (Å²) >= 11 is 0. The van der Waals surface area contributed by atoms with Crippen LogP contribution < -0.4 is 0 Å². The first kappa shape index (κ1) is 11.3. The van der Waals surface area contributed by atoms with Crippen LogP contribution in [-0.4, -0.2) is 66.5 Å². The Morgan fingerprint density at radius 1 is 0.769 bits per heavy atom. The summed E-state index contributed by atoms with van der Waals surface area (Å²) in [7, 11) is 1.73. The van der Waals surface area contributed by atoms with Crippen LogP contribution >= 0.6 is 9.24 Å². The first-order valence-electron chi connectivity index (χ1n) is 3.71. The molecule has 0 aliphatic heterocycles. The van der Waals surface area contributed by atoms with Gasteiger partial charge in [0.1, 0.15) is 35.9 Å². The molecule has 0 saturated heterocycles. The molecule has 1 aliphatic carbocycles. The molecule has 0 bridgehead atoms. The minimum Gasteiger partial charge on any atom is -0.387 e. The molecule has 0 amide bonds. The second-order valence-corrected chi connectivity index (χ2v) is 4.17. The van der Waals surface area contributed by atoms with Crippen molar-refractivity contribution in [2.45, 2.75) is 35.9 Å². The Labute approximate surface area is 76.7 Å². The second kappa shape index (κ2) is 3.40. The van der Waals surface area contributed by atoms with Crippen molar-refractivity contribution in [3.63, 3.8) is 0 Å². The molecular weight excluding hydrogens is 199 g/mol. The highest BCUT2D eigenvalue weighted by Crippen LogP contribution is 2.34. The van der Waals surface area contributed by atoms with E-state index in [2.05, 4.69) is 0 Å². The SMILES string of the molecule is OC1C(O)C(O)C(O)(P)C(O)C1O. The highest BCUT2D eigenvalue weighted by atomic mass is 31.0. The van der Waals surface area contributed by atoms with Crippen molar-refractivity contribution in [3.05, 3.63) is 0 Å². The summed E-state index contributed by atoms with van der Waals surface area (Å²) in [4.78, 5) is 0. The molecule has 7 heteroatoms. The second-order valence-electron chi connectivity index (χ2n) is 3.25. The van der Waals surface area contributed by atoms with Gasteiger partial charge in [-0.3, -0.25) is 0 Å².